The van der Waals surface area contributed by atoms with Gasteiger partial charge >= 0.3 is 5.97 Å². The van der Waals surface area contributed by atoms with E-state index < -0.39 is 36.5 Å². The first-order valence-corrected chi connectivity index (χ1v) is 14.2. The SMILES string of the molecule is O=C(OC1C(OCc2ccccc2)C(OCc2ccccc2)[C@@H](COCc2ccccc2)O[C@H]1CO)c1ccccc1. The van der Waals surface area contributed by atoms with Crippen molar-refractivity contribution in [3.8, 4) is 0 Å². The van der Waals surface area contributed by atoms with Crippen molar-refractivity contribution in [2.75, 3.05) is 13.2 Å². The smallest absolute Gasteiger partial charge is 0.338 e. The lowest BCUT2D eigenvalue weighted by molar-refractivity contribution is -0.265. The van der Waals surface area contributed by atoms with Gasteiger partial charge in [0.05, 0.1) is 38.6 Å². The Morgan fingerprint density at radius 3 is 1.60 bits per heavy atom. The van der Waals surface area contributed by atoms with Crippen LogP contribution in [-0.4, -0.2) is 54.8 Å². The van der Waals surface area contributed by atoms with Crippen molar-refractivity contribution in [1.82, 2.24) is 0 Å². The van der Waals surface area contributed by atoms with E-state index in [1.807, 2.05) is 97.1 Å². The van der Waals surface area contributed by atoms with Gasteiger partial charge in [-0.1, -0.05) is 109 Å². The summed E-state index contributed by atoms with van der Waals surface area (Å²) in [5.74, 6) is -0.531. The van der Waals surface area contributed by atoms with E-state index in [-0.39, 0.29) is 19.8 Å². The molecule has 0 spiro atoms. The van der Waals surface area contributed by atoms with Crippen molar-refractivity contribution in [1.29, 1.82) is 0 Å². The number of carbonyl (C=O) groups is 1. The summed E-state index contributed by atoms with van der Waals surface area (Å²) in [6.07, 6.45) is -3.79. The predicted octanol–water partition coefficient (Wildman–Crippen LogP) is 5.36. The highest BCUT2D eigenvalue weighted by Crippen LogP contribution is 2.31. The number of ether oxygens (including phenoxy) is 5. The van der Waals surface area contributed by atoms with Crippen molar-refractivity contribution < 1.29 is 33.6 Å². The summed E-state index contributed by atoms with van der Waals surface area (Å²) >= 11 is 0. The maximum atomic E-state index is 13.2. The largest absolute Gasteiger partial charge is 0.453 e. The lowest BCUT2D eigenvalue weighted by Crippen LogP contribution is -2.62. The van der Waals surface area contributed by atoms with Gasteiger partial charge in [-0.2, -0.15) is 0 Å². The average molecular weight is 569 g/mol. The Balaban J connectivity index is 1.41. The zero-order chi connectivity index (χ0) is 29.0. The number of aliphatic hydroxyl groups is 1. The number of rotatable bonds is 13. The van der Waals surface area contributed by atoms with E-state index in [0.717, 1.165) is 16.7 Å². The lowest BCUT2D eigenvalue weighted by Gasteiger charge is -2.45. The van der Waals surface area contributed by atoms with Crippen LogP contribution in [0.2, 0.25) is 0 Å². The molecule has 0 aromatic heterocycles. The first kappa shape index (κ1) is 29.6. The van der Waals surface area contributed by atoms with E-state index in [1.54, 1.807) is 24.3 Å². The zero-order valence-corrected chi connectivity index (χ0v) is 23.4. The van der Waals surface area contributed by atoms with Crippen LogP contribution in [0, 0.1) is 0 Å². The molecule has 3 unspecified atom stereocenters. The number of aliphatic hydroxyl groups excluding tert-OH is 1. The molecule has 0 saturated carbocycles. The molecule has 218 valence electrons. The van der Waals surface area contributed by atoms with Crippen LogP contribution < -0.4 is 0 Å². The minimum absolute atomic E-state index is 0.190. The van der Waals surface area contributed by atoms with Gasteiger partial charge in [-0.25, -0.2) is 4.79 Å². The second-order valence-corrected chi connectivity index (χ2v) is 10.2. The number of hydrogen-bond donors (Lipinski definition) is 1. The molecule has 42 heavy (non-hydrogen) atoms. The van der Waals surface area contributed by atoms with E-state index in [0.29, 0.717) is 18.8 Å². The lowest BCUT2D eigenvalue weighted by atomic mass is 9.94. The third-order valence-corrected chi connectivity index (χ3v) is 7.13. The van der Waals surface area contributed by atoms with Gasteiger partial charge in [0.25, 0.3) is 0 Å². The second-order valence-electron chi connectivity index (χ2n) is 10.2. The maximum Gasteiger partial charge on any atom is 0.338 e. The standard InChI is InChI=1S/C35H36O7/c36-21-30-33(42-35(37)29-19-11-4-12-20-29)34(40-24-28-17-9-3-10-18-28)32(39-23-27-15-7-2-8-16-27)31(41-30)25-38-22-26-13-5-1-6-14-26/h1-20,30-34,36H,21-25H2/t30-,31+,32?,33?,34?/m0/s1. The Kier molecular flexibility index (Phi) is 10.9. The zero-order valence-electron chi connectivity index (χ0n) is 23.4. The van der Waals surface area contributed by atoms with Crippen LogP contribution in [0.4, 0.5) is 0 Å². The van der Waals surface area contributed by atoms with E-state index >= 15 is 0 Å². The summed E-state index contributed by atoms with van der Waals surface area (Å²) in [7, 11) is 0. The van der Waals surface area contributed by atoms with Crippen LogP contribution in [0.25, 0.3) is 0 Å². The molecule has 0 radical (unpaired) electrons. The van der Waals surface area contributed by atoms with Crippen molar-refractivity contribution >= 4 is 5.97 Å². The summed E-state index contributed by atoms with van der Waals surface area (Å²) in [6, 6.07) is 38.2. The Morgan fingerprint density at radius 1 is 0.595 bits per heavy atom. The third-order valence-electron chi connectivity index (χ3n) is 7.13. The van der Waals surface area contributed by atoms with Crippen LogP contribution in [0.1, 0.15) is 27.0 Å². The van der Waals surface area contributed by atoms with Crippen molar-refractivity contribution in [3.05, 3.63) is 144 Å². The monoisotopic (exact) mass is 568 g/mol. The highest BCUT2D eigenvalue weighted by atomic mass is 16.6. The fourth-order valence-electron chi connectivity index (χ4n) is 4.97. The molecule has 0 amide bonds. The molecule has 4 aromatic rings. The molecule has 7 heteroatoms. The van der Waals surface area contributed by atoms with Gasteiger partial charge < -0.3 is 28.8 Å². The number of benzene rings is 4. The molecule has 1 aliphatic heterocycles. The number of esters is 1. The molecular weight excluding hydrogens is 532 g/mol. The molecule has 7 nitrogen and oxygen atoms in total. The van der Waals surface area contributed by atoms with Crippen LogP contribution >= 0.6 is 0 Å². The summed E-state index contributed by atoms with van der Waals surface area (Å²) in [6.45, 7) is 0.746. The first-order chi connectivity index (χ1) is 20.7. The molecule has 1 fully saturated rings. The van der Waals surface area contributed by atoms with Gasteiger partial charge in [0.15, 0.2) is 6.10 Å². The van der Waals surface area contributed by atoms with Crippen LogP contribution in [-0.2, 0) is 43.5 Å². The molecule has 5 rings (SSSR count). The van der Waals surface area contributed by atoms with E-state index in [2.05, 4.69) is 0 Å². The van der Waals surface area contributed by atoms with E-state index in [4.69, 9.17) is 23.7 Å². The fraction of sp³-hybridized carbons (Fsp3) is 0.286. The highest BCUT2D eigenvalue weighted by Gasteiger charge is 2.49. The van der Waals surface area contributed by atoms with Gasteiger partial charge in [-0.05, 0) is 28.8 Å². The summed E-state index contributed by atoms with van der Waals surface area (Å²) in [5.41, 5.74) is 3.35. The topological polar surface area (TPSA) is 83.5 Å². The van der Waals surface area contributed by atoms with Crippen LogP contribution in [0.15, 0.2) is 121 Å². The Bertz CT molecular complexity index is 1340. The molecular formula is C35H36O7. The van der Waals surface area contributed by atoms with E-state index in [1.165, 1.54) is 0 Å². The summed E-state index contributed by atoms with van der Waals surface area (Å²) < 4.78 is 31.4. The molecule has 1 saturated heterocycles. The van der Waals surface area contributed by atoms with Crippen molar-refractivity contribution in [3.63, 3.8) is 0 Å². The molecule has 0 aliphatic carbocycles. The van der Waals surface area contributed by atoms with E-state index in [9.17, 15) is 9.90 Å². The van der Waals surface area contributed by atoms with Gasteiger partial charge in [-0.3, -0.25) is 0 Å². The molecule has 1 heterocycles. The van der Waals surface area contributed by atoms with Crippen LogP contribution in [0.3, 0.4) is 0 Å². The Morgan fingerprint density at radius 2 is 1.07 bits per heavy atom. The van der Waals surface area contributed by atoms with Gasteiger partial charge in [0, 0.05) is 0 Å². The second kappa shape index (κ2) is 15.4. The maximum absolute atomic E-state index is 13.2. The van der Waals surface area contributed by atoms with Gasteiger partial charge in [0.2, 0.25) is 0 Å². The van der Waals surface area contributed by atoms with Gasteiger partial charge in [0.1, 0.15) is 24.4 Å². The summed E-state index contributed by atoms with van der Waals surface area (Å²) in [4.78, 5) is 13.2. The molecule has 5 atom stereocenters. The van der Waals surface area contributed by atoms with Crippen LogP contribution in [0.5, 0.6) is 0 Å². The highest BCUT2D eigenvalue weighted by molar-refractivity contribution is 5.89. The van der Waals surface area contributed by atoms with Crippen molar-refractivity contribution in [2.45, 2.75) is 50.3 Å². The molecule has 4 aromatic carbocycles. The molecule has 1 aliphatic rings. The molecule has 1 N–H and O–H groups in total. The quantitative estimate of drug-likeness (QED) is 0.218. The Hall–Kier alpha value is -3.85. The number of carbonyl (C=O) groups excluding carboxylic acids is 1. The Labute approximate surface area is 246 Å². The fourth-order valence-corrected chi connectivity index (χ4v) is 4.97. The first-order valence-electron chi connectivity index (χ1n) is 14.2. The predicted molar refractivity (Wildman–Crippen MR) is 158 cm³/mol. The minimum Gasteiger partial charge on any atom is -0.453 e. The van der Waals surface area contributed by atoms with Crippen molar-refractivity contribution in [2.24, 2.45) is 0 Å². The normalized spacial score (nSPS) is 22.0. The average Bonchev–Trinajstić information content (AvgIpc) is 3.05. The van der Waals surface area contributed by atoms with Gasteiger partial charge in [-0.15, -0.1) is 0 Å². The summed E-state index contributed by atoms with van der Waals surface area (Å²) in [5, 5.41) is 10.4. The molecule has 0 bridgehead atoms. The minimum atomic E-state index is -0.933. The third kappa shape index (κ3) is 8.12. The number of hydrogen-bond acceptors (Lipinski definition) is 7.